The second-order valence-corrected chi connectivity index (χ2v) is 6.51. The van der Waals surface area contributed by atoms with E-state index in [1.165, 1.54) is 0 Å². The highest BCUT2D eigenvalue weighted by molar-refractivity contribution is 5.92. The molecule has 0 saturated carbocycles. The number of anilines is 1. The van der Waals surface area contributed by atoms with Crippen molar-refractivity contribution in [2.75, 3.05) is 19.0 Å². The second-order valence-electron chi connectivity index (χ2n) is 6.51. The predicted molar refractivity (Wildman–Crippen MR) is 107 cm³/mol. The molecule has 1 unspecified atom stereocenters. The Morgan fingerprint density at radius 2 is 2.14 bits per heavy atom. The lowest BCUT2D eigenvalue weighted by atomic mass is 9.95. The van der Waals surface area contributed by atoms with Gasteiger partial charge in [0.2, 0.25) is 5.95 Å². The van der Waals surface area contributed by atoms with Gasteiger partial charge in [-0.25, -0.2) is 9.48 Å². The molecule has 0 bridgehead atoms. The zero-order valence-corrected chi connectivity index (χ0v) is 16.4. The van der Waals surface area contributed by atoms with Crippen LogP contribution in [0.1, 0.15) is 25.5 Å². The topological polar surface area (TPSA) is 91.2 Å². The Morgan fingerprint density at radius 1 is 1.28 bits per heavy atom. The Kier molecular flexibility index (Phi) is 4.99. The number of benzene rings is 1. The Labute approximate surface area is 168 Å². The first-order chi connectivity index (χ1) is 14.1. The number of fused-ring (bicyclic) bond motifs is 1. The van der Waals surface area contributed by atoms with Gasteiger partial charge in [0.25, 0.3) is 0 Å². The van der Waals surface area contributed by atoms with Crippen LogP contribution in [0.5, 0.6) is 5.75 Å². The minimum atomic E-state index is -0.502. The summed E-state index contributed by atoms with van der Waals surface area (Å²) in [6.45, 7) is 3.90. The fourth-order valence-electron chi connectivity index (χ4n) is 3.36. The number of esters is 1. The van der Waals surface area contributed by atoms with Gasteiger partial charge in [0.05, 0.1) is 19.3 Å². The van der Waals surface area contributed by atoms with Crippen molar-refractivity contribution in [1.82, 2.24) is 19.7 Å². The Balaban J connectivity index is 1.87. The number of carbonyl (C=O) groups is 1. The van der Waals surface area contributed by atoms with Crippen LogP contribution in [-0.2, 0) is 9.53 Å². The number of hydrogen-bond donors (Lipinski definition) is 1. The van der Waals surface area contributed by atoms with E-state index < -0.39 is 12.0 Å². The van der Waals surface area contributed by atoms with Crippen LogP contribution in [0.15, 0.2) is 60.1 Å². The highest BCUT2D eigenvalue weighted by atomic mass is 16.5. The molecule has 0 amide bonds. The van der Waals surface area contributed by atoms with Gasteiger partial charge in [0, 0.05) is 23.7 Å². The lowest BCUT2D eigenvalue weighted by molar-refractivity contribution is -0.139. The van der Waals surface area contributed by atoms with Crippen molar-refractivity contribution in [3.8, 4) is 17.1 Å². The molecule has 8 nitrogen and oxygen atoms in total. The van der Waals surface area contributed by atoms with Crippen molar-refractivity contribution in [3.63, 3.8) is 0 Å². The van der Waals surface area contributed by atoms with Crippen molar-refractivity contribution in [1.29, 1.82) is 0 Å². The van der Waals surface area contributed by atoms with Crippen LogP contribution < -0.4 is 10.1 Å². The van der Waals surface area contributed by atoms with Gasteiger partial charge in [-0.1, -0.05) is 12.1 Å². The number of allylic oxidation sites excluding steroid dienone is 1. The third-order valence-corrected chi connectivity index (χ3v) is 4.68. The molecular formula is C21H21N5O3. The van der Waals surface area contributed by atoms with Crippen molar-refractivity contribution in [3.05, 3.63) is 65.6 Å². The third kappa shape index (κ3) is 3.44. The number of aromatic nitrogens is 4. The summed E-state index contributed by atoms with van der Waals surface area (Å²) in [5, 5.41) is 7.87. The summed E-state index contributed by atoms with van der Waals surface area (Å²) < 4.78 is 12.4. The molecule has 1 aromatic carbocycles. The van der Waals surface area contributed by atoms with Crippen molar-refractivity contribution >= 4 is 11.9 Å². The summed E-state index contributed by atoms with van der Waals surface area (Å²) in [5.41, 5.74) is 2.79. The molecule has 2 aromatic heterocycles. The van der Waals surface area contributed by atoms with Gasteiger partial charge in [-0.2, -0.15) is 4.98 Å². The first-order valence-corrected chi connectivity index (χ1v) is 9.28. The largest absolute Gasteiger partial charge is 0.497 e. The molecule has 8 heteroatoms. The van der Waals surface area contributed by atoms with Gasteiger partial charge in [0.1, 0.15) is 11.8 Å². The highest BCUT2D eigenvalue weighted by Crippen LogP contribution is 2.37. The van der Waals surface area contributed by atoms with Crippen molar-refractivity contribution in [2.24, 2.45) is 0 Å². The van der Waals surface area contributed by atoms with Gasteiger partial charge in [-0.15, -0.1) is 5.10 Å². The summed E-state index contributed by atoms with van der Waals surface area (Å²) in [6, 6.07) is 10.8. The lowest BCUT2D eigenvalue weighted by Gasteiger charge is -2.28. The van der Waals surface area contributed by atoms with Crippen LogP contribution in [0.2, 0.25) is 0 Å². The van der Waals surface area contributed by atoms with E-state index in [1.54, 1.807) is 31.1 Å². The second kappa shape index (κ2) is 7.75. The molecule has 3 aromatic rings. The molecule has 148 valence electrons. The number of pyridine rings is 1. The first kappa shape index (κ1) is 18.7. The maximum atomic E-state index is 12.8. The van der Waals surface area contributed by atoms with Crippen LogP contribution in [0.4, 0.5) is 5.95 Å². The minimum Gasteiger partial charge on any atom is -0.497 e. The molecule has 0 fully saturated rings. The maximum Gasteiger partial charge on any atom is 0.338 e. The maximum absolute atomic E-state index is 12.8. The molecular weight excluding hydrogens is 370 g/mol. The highest BCUT2D eigenvalue weighted by Gasteiger charge is 2.35. The average molecular weight is 391 g/mol. The molecule has 1 N–H and O–H groups in total. The molecule has 0 saturated heterocycles. The zero-order valence-electron chi connectivity index (χ0n) is 16.4. The molecule has 0 radical (unpaired) electrons. The van der Waals surface area contributed by atoms with E-state index in [1.807, 2.05) is 43.3 Å². The fourth-order valence-corrected chi connectivity index (χ4v) is 3.36. The molecule has 29 heavy (non-hydrogen) atoms. The van der Waals surface area contributed by atoms with Gasteiger partial charge in [-0.05, 0) is 43.7 Å². The molecule has 3 heterocycles. The molecule has 1 atom stereocenters. The zero-order chi connectivity index (χ0) is 20.4. The quantitative estimate of drug-likeness (QED) is 0.668. The lowest BCUT2D eigenvalue weighted by Crippen LogP contribution is -2.29. The van der Waals surface area contributed by atoms with Gasteiger partial charge < -0.3 is 14.8 Å². The summed E-state index contributed by atoms with van der Waals surface area (Å²) in [6.07, 6.45) is 3.40. The number of methoxy groups -OCH3 is 1. The SMILES string of the molecule is CCOC(=O)C1=C(C)Nc2nc(-c3cccnc3)nn2C1c1cccc(OC)c1. The summed E-state index contributed by atoms with van der Waals surface area (Å²) in [7, 11) is 1.61. The van der Waals surface area contributed by atoms with E-state index in [4.69, 9.17) is 9.47 Å². The van der Waals surface area contributed by atoms with E-state index >= 15 is 0 Å². The van der Waals surface area contributed by atoms with E-state index in [0.717, 1.165) is 11.1 Å². The number of nitrogens with zero attached hydrogens (tertiary/aromatic N) is 4. The van der Waals surface area contributed by atoms with Crippen LogP contribution in [0, 0.1) is 0 Å². The summed E-state index contributed by atoms with van der Waals surface area (Å²) >= 11 is 0. The van der Waals surface area contributed by atoms with Crippen molar-refractivity contribution < 1.29 is 14.3 Å². The molecule has 1 aliphatic rings. The Morgan fingerprint density at radius 3 is 2.86 bits per heavy atom. The van der Waals surface area contributed by atoms with E-state index in [2.05, 4.69) is 20.4 Å². The molecule has 0 aliphatic carbocycles. The van der Waals surface area contributed by atoms with E-state index in [9.17, 15) is 4.79 Å². The molecule has 1 aliphatic heterocycles. The van der Waals surface area contributed by atoms with Crippen LogP contribution in [0.3, 0.4) is 0 Å². The smallest absolute Gasteiger partial charge is 0.338 e. The van der Waals surface area contributed by atoms with E-state index in [0.29, 0.717) is 28.8 Å². The van der Waals surface area contributed by atoms with Crippen LogP contribution in [0.25, 0.3) is 11.4 Å². The van der Waals surface area contributed by atoms with Gasteiger partial charge >= 0.3 is 5.97 Å². The summed E-state index contributed by atoms with van der Waals surface area (Å²) in [5.74, 6) is 1.36. The fraction of sp³-hybridized carbons (Fsp3) is 0.238. The number of rotatable bonds is 5. The van der Waals surface area contributed by atoms with Crippen LogP contribution in [-0.4, -0.2) is 39.4 Å². The predicted octanol–water partition coefficient (Wildman–Crippen LogP) is 3.20. The third-order valence-electron chi connectivity index (χ3n) is 4.68. The Hall–Kier alpha value is -3.68. The standard InChI is InChI=1S/C21H21N5O3/c1-4-29-20(27)17-13(2)23-21-24-19(15-8-6-10-22-12-15)25-26(21)18(17)14-7-5-9-16(11-14)28-3/h5-12,18H,4H2,1-3H3,(H,23,24,25). The summed E-state index contributed by atoms with van der Waals surface area (Å²) in [4.78, 5) is 21.6. The number of carbonyl (C=O) groups excluding carboxylic acids is 1. The normalized spacial score (nSPS) is 15.5. The van der Waals surface area contributed by atoms with Gasteiger partial charge in [0.15, 0.2) is 5.82 Å². The van der Waals surface area contributed by atoms with Crippen LogP contribution >= 0.6 is 0 Å². The van der Waals surface area contributed by atoms with E-state index in [-0.39, 0.29) is 6.61 Å². The molecule has 0 spiro atoms. The Bertz CT molecular complexity index is 1070. The minimum absolute atomic E-state index is 0.283. The molecule has 4 rings (SSSR count). The van der Waals surface area contributed by atoms with Gasteiger partial charge in [-0.3, -0.25) is 4.98 Å². The number of ether oxygens (including phenoxy) is 2. The monoisotopic (exact) mass is 391 g/mol. The number of nitrogens with one attached hydrogen (secondary N) is 1. The number of hydrogen-bond acceptors (Lipinski definition) is 7. The van der Waals surface area contributed by atoms with Crippen molar-refractivity contribution in [2.45, 2.75) is 19.9 Å². The average Bonchev–Trinajstić information content (AvgIpc) is 3.17. The first-order valence-electron chi connectivity index (χ1n) is 9.28.